The molecule has 3 rings (SSSR count). The number of likely N-dealkylation sites (tertiary alicyclic amines) is 1. The molecule has 24 heavy (non-hydrogen) atoms. The molecule has 2 amide bonds. The van der Waals surface area contributed by atoms with Crippen LogP contribution in [-0.4, -0.2) is 78.9 Å². The minimum atomic E-state index is 0.0165. The Morgan fingerprint density at radius 1 is 0.833 bits per heavy atom. The quantitative estimate of drug-likeness (QED) is 0.870. The number of carbonyl (C=O) groups excluding carboxylic acids is 2. The fraction of sp³-hybridized carbons (Fsp3) is 0.556. The van der Waals surface area contributed by atoms with E-state index in [-0.39, 0.29) is 11.8 Å². The van der Waals surface area contributed by atoms with Gasteiger partial charge in [-0.25, -0.2) is 0 Å². The van der Waals surface area contributed by atoms with E-state index in [4.69, 9.17) is 0 Å². The smallest absolute Gasteiger partial charge is 0.238 e. The van der Waals surface area contributed by atoms with Gasteiger partial charge in [0.05, 0.1) is 13.1 Å². The molecular formula is C18H26N4O2. The lowest BCUT2D eigenvalue weighted by atomic mass is 10.3. The van der Waals surface area contributed by atoms with Crippen molar-refractivity contribution in [1.82, 2.24) is 14.7 Å². The van der Waals surface area contributed by atoms with Crippen molar-refractivity contribution in [3.05, 3.63) is 30.3 Å². The number of piperazine rings is 1. The molecule has 0 spiro atoms. The number of carbonyl (C=O) groups is 2. The van der Waals surface area contributed by atoms with Gasteiger partial charge < -0.3 is 10.2 Å². The molecular weight excluding hydrogens is 304 g/mol. The Morgan fingerprint density at radius 2 is 1.42 bits per heavy atom. The second kappa shape index (κ2) is 8.26. The molecule has 0 aromatic heterocycles. The van der Waals surface area contributed by atoms with Crippen molar-refractivity contribution in [1.29, 1.82) is 0 Å². The van der Waals surface area contributed by atoms with E-state index in [0.717, 1.165) is 57.8 Å². The molecule has 6 heteroatoms. The zero-order valence-electron chi connectivity index (χ0n) is 14.1. The molecule has 0 radical (unpaired) electrons. The molecule has 1 aromatic carbocycles. The number of benzene rings is 1. The van der Waals surface area contributed by atoms with E-state index in [9.17, 15) is 9.59 Å². The molecule has 1 aromatic rings. The minimum absolute atomic E-state index is 0.0165. The fourth-order valence-corrected chi connectivity index (χ4v) is 3.29. The Balaban J connectivity index is 1.37. The van der Waals surface area contributed by atoms with E-state index in [2.05, 4.69) is 15.1 Å². The van der Waals surface area contributed by atoms with Crippen molar-refractivity contribution in [2.24, 2.45) is 0 Å². The lowest BCUT2D eigenvalue weighted by Crippen LogP contribution is -2.51. The van der Waals surface area contributed by atoms with Gasteiger partial charge in [0.25, 0.3) is 0 Å². The van der Waals surface area contributed by atoms with E-state index < -0.39 is 0 Å². The standard InChI is InChI=1S/C18H26N4O2/c23-17(19-16-6-2-1-3-7-16)14-20-10-12-21(13-11-20)15-18(24)22-8-4-5-9-22/h1-3,6-7H,4-5,8-15H2,(H,19,23). The summed E-state index contributed by atoms with van der Waals surface area (Å²) in [5, 5.41) is 2.91. The molecule has 0 saturated carbocycles. The maximum Gasteiger partial charge on any atom is 0.238 e. The normalized spacial score (nSPS) is 19.4. The van der Waals surface area contributed by atoms with Crippen LogP contribution < -0.4 is 5.32 Å². The van der Waals surface area contributed by atoms with Gasteiger partial charge >= 0.3 is 0 Å². The number of nitrogens with one attached hydrogen (secondary N) is 1. The third-order valence-corrected chi connectivity index (χ3v) is 4.71. The van der Waals surface area contributed by atoms with Crippen LogP contribution in [0.2, 0.25) is 0 Å². The molecule has 2 heterocycles. The lowest BCUT2D eigenvalue weighted by Gasteiger charge is -2.34. The van der Waals surface area contributed by atoms with E-state index >= 15 is 0 Å². The molecule has 2 saturated heterocycles. The maximum atomic E-state index is 12.2. The summed E-state index contributed by atoms with van der Waals surface area (Å²) in [6, 6.07) is 9.52. The molecule has 6 nitrogen and oxygen atoms in total. The van der Waals surface area contributed by atoms with Crippen LogP contribution in [0, 0.1) is 0 Å². The summed E-state index contributed by atoms with van der Waals surface area (Å²) in [5.74, 6) is 0.269. The number of amides is 2. The monoisotopic (exact) mass is 330 g/mol. The zero-order chi connectivity index (χ0) is 16.8. The lowest BCUT2D eigenvalue weighted by molar-refractivity contribution is -0.132. The Hall–Kier alpha value is -1.92. The molecule has 2 aliphatic heterocycles. The molecule has 0 bridgehead atoms. The second-order valence-corrected chi connectivity index (χ2v) is 6.55. The van der Waals surface area contributed by atoms with Gasteiger partial charge in [-0.3, -0.25) is 19.4 Å². The van der Waals surface area contributed by atoms with Crippen LogP contribution in [0.25, 0.3) is 0 Å². The van der Waals surface area contributed by atoms with E-state index in [1.54, 1.807) is 0 Å². The Kier molecular flexibility index (Phi) is 5.82. The van der Waals surface area contributed by atoms with Crippen molar-refractivity contribution >= 4 is 17.5 Å². The summed E-state index contributed by atoms with van der Waals surface area (Å²) in [5.41, 5.74) is 0.831. The number of nitrogens with zero attached hydrogens (tertiary/aromatic N) is 3. The highest BCUT2D eigenvalue weighted by atomic mass is 16.2. The summed E-state index contributed by atoms with van der Waals surface area (Å²) < 4.78 is 0. The van der Waals surface area contributed by atoms with Crippen LogP contribution in [0.15, 0.2) is 30.3 Å². The van der Waals surface area contributed by atoms with Crippen LogP contribution in [0.3, 0.4) is 0 Å². The van der Waals surface area contributed by atoms with Gasteiger partial charge in [0, 0.05) is 45.0 Å². The fourth-order valence-electron chi connectivity index (χ4n) is 3.29. The Labute approximate surface area is 143 Å². The SMILES string of the molecule is O=C(CN1CCN(CC(=O)N2CCCC2)CC1)Nc1ccccc1. The highest BCUT2D eigenvalue weighted by Crippen LogP contribution is 2.10. The number of anilines is 1. The van der Waals surface area contributed by atoms with E-state index in [1.165, 1.54) is 0 Å². The predicted octanol–water partition coefficient (Wildman–Crippen LogP) is 0.865. The average molecular weight is 330 g/mol. The summed E-state index contributed by atoms with van der Waals surface area (Å²) in [6.45, 7) is 6.10. The first-order chi connectivity index (χ1) is 11.7. The first-order valence-electron chi connectivity index (χ1n) is 8.78. The predicted molar refractivity (Wildman–Crippen MR) is 93.8 cm³/mol. The van der Waals surface area contributed by atoms with Gasteiger partial charge in [0.15, 0.2) is 0 Å². The average Bonchev–Trinajstić information content (AvgIpc) is 3.12. The third-order valence-electron chi connectivity index (χ3n) is 4.71. The number of hydrogen-bond donors (Lipinski definition) is 1. The van der Waals surface area contributed by atoms with Crippen LogP contribution in [0.4, 0.5) is 5.69 Å². The van der Waals surface area contributed by atoms with Crippen molar-refractivity contribution in [2.75, 3.05) is 57.7 Å². The summed E-state index contributed by atoms with van der Waals surface area (Å²) >= 11 is 0. The van der Waals surface area contributed by atoms with Crippen LogP contribution in [0.1, 0.15) is 12.8 Å². The van der Waals surface area contributed by atoms with Crippen molar-refractivity contribution in [3.8, 4) is 0 Å². The molecule has 0 unspecified atom stereocenters. The first-order valence-corrected chi connectivity index (χ1v) is 8.78. The summed E-state index contributed by atoms with van der Waals surface area (Å²) in [4.78, 5) is 30.6. The third kappa shape index (κ3) is 4.79. The van der Waals surface area contributed by atoms with E-state index in [1.807, 2.05) is 35.2 Å². The maximum absolute atomic E-state index is 12.2. The second-order valence-electron chi connectivity index (χ2n) is 6.55. The van der Waals surface area contributed by atoms with Gasteiger partial charge in [-0.05, 0) is 25.0 Å². The van der Waals surface area contributed by atoms with Crippen molar-refractivity contribution in [2.45, 2.75) is 12.8 Å². The van der Waals surface area contributed by atoms with Crippen molar-refractivity contribution in [3.63, 3.8) is 0 Å². The van der Waals surface area contributed by atoms with Gasteiger partial charge in [-0.2, -0.15) is 0 Å². The van der Waals surface area contributed by atoms with Gasteiger partial charge in [-0.1, -0.05) is 18.2 Å². The number of para-hydroxylation sites is 1. The molecule has 130 valence electrons. The van der Waals surface area contributed by atoms with Gasteiger partial charge in [-0.15, -0.1) is 0 Å². The zero-order valence-corrected chi connectivity index (χ0v) is 14.1. The summed E-state index contributed by atoms with van der Waals surface area (Å²) in [6.07, 6.45) is 2.27. The van der Waals surface area contributed by atoms with E-state index in [0.29, 0.717) is 13.1 Å². The largest absolute Gasteiger partial charge is 0.342 e. The summed E-state index contributed by atoms with van der Waals surface area (Å²) in [7, 11) is 0. The van der Waals surface area contributed by atoms with Crippen LogP contribution >= 0.6 is 0 Å². The highest BCUT2D eigenvalue weighted by molar-refractivity contribution is 5.92. The Bertz CT molecular complexity index is 549. The highest BCUT2D eigenvalue weighted by Gasteiger charge is 2.24. The molecule has 2 aliphatic rings. The number of hydrogen-bond acceptors (Lipinski definition) is 4. The topological polar surface area (TPSA) is 55.9 Å². The molecule has 0 atom stereocenters. The number of rotatable bonds is 5. The van der Waals surface area contributed by atoms with Crippen LogP contribution in [0.5, 0.6) is 0 Å². The minimum Gasteiger partial charge on any atom is -0.342 e. The van der Waals surface area contributed by atoms with Crippen LogP contribution in [-0.2, 0) is 9.59 Å². The molecule has 2 fully saturated rings. The first kappa shape index (κ1) is 16.9. The van der Waals surface area contributed by atoms with Gasteiger partial charge in [0.1, 0.15) is 0 Å². The van der Waals surface area contributed by atoms with Gasteiger partial charge in [0.2, 0.25) is 11.8 Å². The van der Waals surface area contributed by atoms with Crippen molar-refractivity contribution < 1.29 is 9.59 Å². The molecule has 0 aliphatic carbocycles. The Morgan fingerprint density at radius 3 is 2.04 bits per heavy atom. The molecule has 1 N–H and O–H groups in total.